The molecule has 5 nitrogen and oxygen atoms in total. The molecule has 23 heavy (non-hydrogen) atoms. The third-order valence-electron chi connectivity index (χ3n) is 3.81. The fraction of sp³-hybridized carbons (Fsp3) is 0.733. The Labute approximate surface area is 134 Å². The zero-order chi connectivity index (χ0) is 16.7. The third kappa shape index (κ3) is 6.11. The van der Waals surface area contributed by atoms with Gasteiger partial charge in [-0.2, -0.15) is 18.3 Å². The molecule has 1 heterocycles. The summed E-state index contributed by atoms with van der Waals surface area (Å²) >= 11 is 0. The number of alkyl halides is 3. The molecule has 0 spiro atoms. The Morgan fingerprint density at radius 3 is 2.74 bits per heavy atom. The van der Waals surface area contributed by atoms with E-state index in [2.05, 4.69) is 20.7 Å². The van der Waals surface area contributed by atoms with Crippen LogP contribution in [0.2, 0.25) is 0 Å². The second-order valence-corrected chi connectivity index (χ2v) is 5.71. The van der Waals surface area contributed by atoms with Crippen LogP contribution in [0.25, 0.3) is 0 Å². The molecule has 1 fully saturated rings. The standard InChI is InChI=1S/C15H24F3N5/c1-2-19-14(20-9-8-15(16,17)18)21-11-12-7-10-23(22-12)13-5-3-4-6-13/h7,10,13H,2-6,8-9,11H2,1H3,(H2,19,20,21). The molecule has 1 aliphatic rings. The summed E-state index contributed by atoms with van der Waals surface area (Å²) in [6.45, 7) is 2.62. The van der Waals surface area contributed by atoms with Crippen LogP contribution >= 0.6 is 0 Å². The summed E-state index contributed by atoms with van der Waals surface area (Å²) in [4.78, 5) is 4.29. The smallest absolute Gasteiger partial charge is 0.357 e. The van der Waals surface area contributed by atoms with E-state index in [4.69, 9.17) is 0 Å². The number of nitrogens with one attached hydrogen (secondary N) is 2. The van der Waals surface area contributed by atoms with Gasteiger partial charge in [-0.25, -0.2) is 4.99 Å². The highest BCUT2D eigenvalue weighted by atomic mass is 19.4. The van der Waals surface area contributed by atoms with E-state index < -0.39 is 12.6 Å². The summed E-state index contributed by atoms with van der Waals surface area (Å²) in [6, 6.07) is 2.40. The quantitative estimate of drug-likeness (QED) is 0.622. The van der Waals surface area contributed by atoms with Gasteiger partial charge >= 0.3 is 6.18 Å². The minimum Gasteiger partial charge on any atom is -0.357 e. The first-order valence-corrected chi connectivity index (χ1v) is 8.11. The molecule has 2 N–H and O–H groups in total. The maximum absolute atomic E-state index is 12.2. The predicted octanol–water partition coefficient (Wildman–Crippen LogP) is 3.01. The topological polar surface area (TPSA) is 54.2 Å². The lowest BCUT2D eigenvalue weighted by atomic mass is 10.3. The number of aromatic nitrogens is 2. The Morgan fingerprint density at radius 2 is 2.09 bits per heavy atom. The highest BCUT2D eigenvalue weighted by molar-refractivity contribution is 5.79. The number of nitrogens with zero attached hydrogens (tertiary/aromatic N) is 3. The maximum atomic E-state index is 12.2. The normalized spacial score (nSPS) is 16.8. The molecule has 0 radical (unpaired) electrons. The van der Waals surface area contributed by atoms with Gasteiger partial charge in [0.2, 0.25) is 0 Å². The summed E-state index contributed by atoms with van der Waals surface area (Å²) < 4.78 is 38.5. The van der Waals surface area contributed by atoms with E-state index in [9.17, 15) is 13.2 Å². The van der Waals surface area contributed by atoms with Gasteiger partial charge in [0.25, 0.3) is 0 Å². The molecule has 0 saturated heterocycles. The first kappa shape index (κ1) is 17.6. The molecule has 1 aliphatic carbocycles. The Bertz CT molecular complexity index is 503. The van der Waals surface area contributed by atoms with Crippen molar-refractivity contribution in [3.8, 4) is 0 Å². The summed E-state index contributed by atoms with van der Waals surface area (Å²) in [5.41, 5.74) is 0.824. The van der Waals surface area contributed by atoms with Crippen molar-refractivity contribution in [3.05, 3.63) is 18.0 Å². The van der Waals surface area contributed by atoms with E-state index in [0.29, 0.717) is 25.1 Å². The summed E-state index contributed by atoms with van der Waals surface area (Å²) in [7, 11) is 0. The second-order valence-electron chi connectivity index (χ2n) is 5.71. The van der Waals surface area contributed by atoms with E-state index in [0.717, 1.165) is 18.5 Å². The van der Waals surface area contributed by atoms with E-state index in [1.807, 2.05) is 23.9 Å². The summed E-state index contributed by atoms with van der Waals surface area (Å²) in [6.07, 6.45) is 1.72. The average molecular weight is 331 g/mol. The van der Waals surface area contributed by atoms with Crippen LogP contribution in [0.3, 0.4) is 0 Å². The Hall–Kier alpha value is -1.73. The van der Waals surface area contributed by atoms with E-state index in [-0.39, 0.29) is 6.54 Å². The van der Waals surface area contributed by atoms with Crippen molar-refractivity contribution in [2.75, 3.05) is 13.1 Å². The molecule has 130 valence electrons. The zero-order valence-corrected chi connectivity index (χ0v) is 13.4. The SMILES string of the molecule is CCNC(=NCc1ccn(C2CCCC2)n1)NCCC(F)(F)F. The van der Waals surface area contributed by atoms with Crippen molar-refractivity contribution in [1.82, 2.24) is 20.4 Å². The monoisotopic (exact) mass is 331 g/mol. The number of guanidine groups is 1. The highest BCUT2D eigenvalue weighted by Crippen LogP contribution is 2.28. The molecule has 0 aromatic carbocycles. The van der Waals surface area contributed by atoms with Crippen LogP contribution in [0.15, 0.2) is 17.3 Å². The van der Waals surface area contributed by atoms with Gasteiger partial charge in [0.05, 0.1) is 24.7 Å². The van der Waals surface area contributed by atoms with E-state index in [1.165, 1.54) is 12.8 Å². The molecule has 8 heteroatoms. The van der Waals surface area contributed by atoms with Crippen molar-refractivity contribution in [2.24, 2.45) is 4.99 Å². The maximum Gasteiger partial charge on any atom is 0.390 e. The summed E-state index contributed by atoms with van der Waals surface area (Å²) in [5, 5.41) is 10.1. The van der Waals surface area contributed by atoms with Crippen LogP contribution in [0.5, 0.6) is 0 Å². The molecule has 1 saturated carbocycles. The molecule has 0 unspecified atom stereocenters. The average Bonchev–Trinajstić information content (AvgIpc) is 3.14. The first-order valence-electron chi connectivity index (χ1n) is 8.11. The van der Waals surface area contributed by atoms with Crippen LogP contribution in [0.4, 0.5) is 13.2 Å². The minimum absolute atomic E-state index is 0.189. The molecule has 0 bridgehead atoms. The number of hydrogen-bond acceptors (Lipinski definition) is 2. The molecule has 1 aromatic rings. The highest BCUT2D eigenvalue weighted by Gasteiger charge is 2.26. The van der Waals surface area contributed by atoms with Gasteiger partial charge in [-0.1, -0.05) is 12.8 Å². The van der Waals surface area contributed by atoms with Gasteiger partial charge in [0, 0.05) is 19.3 Å². The molecule has 0 atom stereocenters. The van der Waals surface area contributed by atoms with Crippen molar-refractivity contribution >= 4 is 5.96 Å². The number of hydrogen-bond donors (Lipinski definition) is 2. The molecule has 0 amide bonds. The van der Waals surface area contributed by atoms with E-state index in [1.54, 1.807) is 0 Å². The number of rotatable bonds is 6. The van der Waals surface area contributed by atoms with Crippen LogP contribution < -0.4 is 10.6 Å². The minimum atomic E-state index is -4.16. The van der Waals surface area contributed by atoms with Crippen molar-refractivity contribution in [3.63, 3.8) is 0 Å². The van der Waals surface area contributed by atoms with Gasteiger partial charge in [0.15, 0.2) is 5.96 Å². The fourth-order valence-electron chi connectivity index (χ4n) is 2.66. The van der Waals surface area contributed by atoms with E-state index >= 15 is 0 Å². The third-order valence-corrected chi connectivity index (χ3v) is 3.81. The molecule has 0 aliphatic heterocycles. The van der Waals surface area contributed by atoms with Crippen molar-refractivity contribution < 1.29 is 13.2 Å². The molecule has 2 rings (SSSR count). The lowest BCUT2D eigenvalue weighted by molar-refractivity contribution is -0.132. The Morgan fingerprint density at radius 1 is 1.35 bits per heavy atom. The van der Waals surface area contributed by atoms with Gasteiger partial charge in [0.1, 0.15) is 0 Å². The Balaban J connectivity index is 1.86. The van der Waals surface area contributed by atoms with Crippen LogP contribution in [-0.2, 0) is 6.54 Å². The zero-order valence-electron chi connectivity index (χ0n) is 13.4. The predicted molar refractivity (Wildman–Crippen MR) is 83.2 cm³/mol. The first-order chi connectivity index (χ1) is 11.0. The van der Waals surface area contributed by atoms with Crippen molar-refractivity contribution in [1.29, 1.82) is 0 Å². The Kier molecular flexibility index (Phi) is 6.29. The lowest BCUT2D eigenvalue weighted by Crippen LogP contribution is -2.38. The summed E-state index contributed by atoms with van der Waals surface area (Å²) in [5.74, 6) is 0.382. The van der Waals surface area contributed by atoms with Gasteiger partial charge in [-0.3, -0.25) is 4.68 Å². The number of halogens is 3. The molecular weight excluding hydrogens is 307 g/mol. The number of aliphatic imine (C=N–C) groups is 1. The van der Waals surface area contributed by atoms with Crippen molar-refractivity contribution in [2.45, 2.75) is 57.8 Å². The van der Waals surface area contributed by atoms with Crippen LogP contribution in [-0.4, -0.2) is 35.0 Å². The van der Waals surface area contributed by atoms with Gasteiger partial charge in [-0.05, 0) is 25.8 Å². The van der Waals surface area contributed by atoms with Gasteiger partial charge < -0.3 is 10.6 Å². The van der Waals surface area contributed by atoms with Gasteiger partial charge in [-0.15, -0.1) is 0 Å². The van der Waals surface area contributed by atoms with Crippen LogP contribution in [0.1, 0.15) is 50.8 Å². The second kappa shape index (κ2) is 8.21. The largest absolute Gasteiger partial charge is 0.390 e. The molecular formula is C15H24F3N5. The van der Waals surface area contributed by atoms with Crippen LogP contribution in [0, 0.1) is 0 Å². The fourth-order valence-corrected chi connectivity index (χ4v) is 2.66. The lowest BCUT2D eigenvalue weighted by Gasteiger charge is -2.12. The molecule has 1 aromatic heterocycles.